The topological polar surface area (TPSA) is 183 Å². The van der Waals surface area contributed by atoms with Gasteiger partial charge < -0.3 is 35.5 Å². The van der Waals surface area contributed by atoms with Crippen molar-refractivity contribution in [1.82, 2.24) is 25.3 Å². The van der Waals surface area contributed by atoms with Crippen LogP contribution in [0, 0.1) is 0 Å². The van der Waals surface area contributed by atoms with Crippen LogP contribution in [0.2, 0.25) is 0 Å². The number of benzene rings is 2. The van der Waals surface area contributed by atoms with Crippen LogP contribution >= 0.6 is 0 Å². The van der Waals surface area contributed by atoms with Crippen LogP contribution in [-0.2, 0) is 9.59 Å². The van der Waals surface area contributed by atoms with E-state index in [1.165, 1.54) is 6.33 Å². The maximum Gasteiger partial charge on any atom is 0.405 e. The predicted molar refractivity (Wildman–Crippen MR) is 146 cm³/mol. The van der Waals surface area contributed by atoms with Gasteiger partial charge in [-0.05, 0) is 42.8 Å². The van der Waals surface area contributed by atoms with Crippen molar-refractivity contribution in [3.05, 3.63) is 61.3 Å². The average molecular weight is 546 g/mol. The van der Waals surface area contributed by atoms with Crippen molar-refractivity contribution in [2.45, 2.75) is 37.8 Å². The van der Waals surface area contributed by atoms with Gasteiger partial charge in [-0.3, -0.25) is 9.59 Å². The molecule has 0 aliphatic carbocycles. The molecular weight excluding hydrogens is 518 g/mol. The van der Waals surface area contributed by atoms with Gasteiger partial charge in [-0.15, -0.1) is 0 Å². The molecule has 4 aromatic rings. The van der Waals surface area contributed by atoms with Crippen molar-refractivity contribution in [1.29, 1.82) is 0 Å². The molecule has 0 unspecified atom stereocenters. The van der Waals surface area contributed by atoms with Gasteiger partial charge in [0, 0.05) is 23.7 Å². The summed E-state index contributed by atoms with van der Waals surface area (Å²) in [5, 5.41) is 24.5. The fourth-order valence-corrected chi connectivity index (χ4v) is 4.64. The van der Waals surface area contributed by atoms with E-state index in [4.69, 9.17) is 14.9 Å². The fraction of sp³-hybridized carbons (Fsp3) is 0.259. The molecular formula is C27H27N7O6. The first-order valence-corrected chi connectivity index (χ1v) is 12.7. The summed E-state index contributed by atoms with van der Waals surface area (Å²) >= 11 is 0. The van der Waals surface area contributed by atoms with E-state index < -0.39 is 24.0 Å². The molecule has 0 fully saturated rings. The highest BCUT2D eigenvalue weighted by atomic mass is 16.5. The van der Waals surface area contributed by atoms with Crippen LogP contribution in [-0.4, -0.2) is 66.8 Å². The highest BCUT2D eigenvalue weighted by Gasteiger charge is 2.25. The zero-order chi connectivity index (χ0) is 28.1. The van der Waals surface area contributed by atoms with Crippen LogP contribution in [0.1, 0.15) is 25.7 Å². The van der Waals surface area contributed by atoms with Crippen LogP contribution in [0.4, 0.5) is 16.3 Å². The van der Waals surface area contributed by atoms with E-state index in [0.717, 1.165) is 22.7 Å². The number of imidazole rings is 1. The minimum absolute atomic E-state index is 0.0202. The number of carboxylic acid groups (broad SMARTS) is 2. The minimum Gasteiger partial charge on any atom is -0.491 e. The summed E-state index contributed by atoms with van der Waals surface area (Å²) in [4.78, 5) is 52.8. The normalized spacial score (nSPS) is 15.3. The van der Waals surface area contributed by atoms with Crippen LogP contribution < -0.4 is 20.3 Å². The Morgan fingerprint density at radius 2 is 2.02 bits per heavy atom. The number of carbonyl (C=O) groups is 3. The van der Waals surface area contributed by atoms with Gasteiger partial charge in [-0.25, -0.2) is 19.7 Å². The number of H-pyrrole nitrogens is 1. The standard InChI is InChI=1S/C27H27N7O6/c35-22(36)8-2-6-20(33-27(38)39)26(37)32-17-10-9-16-4-1-7-21(19(16)12-17)40-13-18-5-3-11-34(18)25-23-24(29-14-28-23)30-15-31-25/h1,3-4,7,9-12,14-15,18,20,33H,2,5-6,8,13H2,(H,32,37)(H,35,36)(H,38,39)(H,28,29,30,31)/t18-,20+/m1/s1. The molecule has 3 heterocycles. The first-order chi connectivity index (χ1) is 19.4. The van der Waals surface area contributed by atoms with E-state index in [1.54, 1.807) is 18.5 Å². The molecule has 2 amide bonds. The Kier molecular flexibility index (Phi) is 7.71. The molecule has 13 nitrogen and oxygen atoms in total. The highest BCUT2D eigenvalue weighted by Crippen LogP contribution is 2.31. The van der Waals surface area contributed by atoms with Crippen LogP contribution in [0.15, 0.2) is 61.3 Å². The molecule has 0 saturated carbocycles. The second kappa shape index (κ2) is 11.7. The van der Waals surface area contributed by atoms with Crippen LogP contribution in [0.3, 0.4) is 0 Å². The summed E-state index contributed by atoms with van der Waals surface area (Å²) in [5.41, 5.74) is 1.77. The van der Waals surface area contributed by atoms with Gasteiger partial charge in [0.1, 0.15) is 30.2 Å². The van der Waals surface area contributed by atoms with Crippen molar-refractivity contribution in [3.63, 3.8) is 0 Å². The third-order valence-corrected chi connectivity index (χ3v) is 6.55. The van der Waals surface area contributed by atoms with Gasteiger partial charge in [0.25, 0.3) is 0 Å². The van der Waals surface area contributed by atoms with Crippen LogP contribution in [0.25, 0.3) is 21.9 Å². The Morgan fingerprint density at radius 3 is 2.85 bits per heavy atom. The first-order valence-electron chi connectivity index (χ1n) is 12.7. The van der Waals surface area contributed by atoms with Crippen molar-refractivity contribution in [2.24, 2.45) is 0 Å². The summed E-state index contributed by atoms with van der Waals surface area (Å²) in [7, 11) is 0. The lowest BCUT2D eigenvalue weighted by Gasteiger charge is -2.25. The summed E-state index contributed by atoms with van der Waals surface area (Å²) in [6.45, 7) is 0.358. The van der Waals surface area contributed by atoms with Crippen LogP contribution in [0.5, 0.6) is 5.75 Å². The highest BCUT2D eigenvalue weighted by molar-refractivity contribution is 5.99. The van der Waals surface area contributed by atoms with Gasteiger partial charge in [0.05, 0.1) is 12.4 Å². The number of aromatic nitrogens is 4. The number of carboxylic acids is 1. The lowest BCUT2D eigenvalue weighted by atomic mass is 10.1. The van der Waals surface area contributed by atoms with Gasteiger partial charge in [0.15, 0.2) is 11.5 Å². The monoisotopic (exact) mass is 545 g/mol. The molecule has 206 valence electrons. The number of hydrogen-bond donors (Lipinski definition) is 5. The number of ether oxygens (including phenoxy) is 1. The van der Waals surface area contributed by atoms with Crippen molar-refractivity contribution in [3.8, 4) is 5.75 Å². The molecule has 1 aliphatic rings. The number of carbonyl (C=O) groups excluding carboxylic acids is 1. The van der Waals surface area contributed by atoms with E-state index in [9.17, 15) is 14.4 Å². The number of nitrogens with zero attached hydrogens (tertiary/aromatic N) is 4. The maximum atomic E-state index is 12.8. The SMILES string of the molecule is O=C(O)CCC[C@H](NC(=O)O)C(=O)Nc1ccc2cccc(OC[C@H]3CC=CN3c3ncnc4nc[nH]c34)c2c1. The summed E-state index contributed by atoms with van der Waals surface area (Å²) in [6.07, 6.45) is 6.49. The lowest BCUT2D eigenvalue weighted by Crippen LogP contribution is -2.43. The molecule has 1 aliphatic heterocycles. The molecule has 2 atom stereocenters. The Balaban J connectivity index is 1.30. The van der Waals surface area contributed by atoms with Gasteiger partial charge >= 0.3 is 12.1 Å². The molecule has 13 heteroatoms. The maximum absolute atomic E-state index is 12.8. The largest absolute Gasteiger partial charge is 0.491 e. The van der Waals surface area contributed by atoms with Crippen molar-refractivity contribution < 1.29 is 29.3 Å². The molecule has 40 heavy (non-hydrogen) atoms. The second-order valence-corrected chi connectivity index (χ2v) is 9.26. The summed E-state index contributed by atoms with van der Waals surface area (Å²) < 4.78 is 6.27. The molecule has 0 spiro atoms. The number of anilines is 2. The van der Waals surface area contributed by atoms with Gasteiger partial charge in [-0.1, -0.05) is 24.3 Å². The molecule has 5 rings (SSSR count). The van der Waals surface area contributed by atoms with E-state index in [1.807, 2.05) is 41.4 Å². The fourth-order valence-electron chi connectivity index (χ4n) is 4.64. The number of aromatic amines is 1. The number of nitrogens with one attached hydrogen (secondary N) is 3. The van der Waals surface area contributed by atoms with E-state index in [-0.39, 0.29) is 25.3 Å². The Hall–Kier alpha value is -5.20. The Morgan fingerprint density at radius 1 is 1.15 bits per heavy atom. The number of hydrogen-bond acceptors (Lipinski definition) is 8. The van der Waals surface area contributed by atoms with Crippen molar-refractivity contribution in [2.75, 3.05) is 16.8 Å². The first kappa shape index (κ1) is 26.4. The smallest absolute Gasteiger partial charge is 0.405 e. The molecule has 0 bridgehead atoms. The molecule has 2 aromatic heterocycles. The zero-order valence-electron chi connectivity index (χ0n) is 21.3. The van der Waals surface area contributed by atoms with Gasteiger partial charge in [0.2, 0.25) is 5.91 Å². The molecule has 0 saturated heterocycles. The quantitative estimate of drug-likeness (QED) is 0.187. The average Bonchev–Trinajstić information content (AvgIpc) is 3.60. The zero-order valence-corrected chi connectivity index (χ0v) is 21.3. The molecule has 0 radical (unpaired) electrons. The summed E-state index contributed by atoms with van der Waals surface area (Å²) in [6, 6.07) is 9.85. The molecule has 5 N–H and O–H groups in total. The van der Waals surface area contributed by atoms with Crippen molar-refractivity contribution >= 4 is 51.4 Å². The Bertz CT molecular complexity index is 1590. The Labute approximate surface area is 227 Å². The number of amides is 2. The number of aliphatic carboxylic acids is 1. The third kappa shape index (κ3) is 5.93. The summed E-state index contributed by atoms with van der Waals surface area (Å²) in [5.74, 6) is -0.259. The molecule has 2 aromatic carbocycles. The second-order valence-electron chi connectivity index (χ2n) is 9.26. The predicted octanol–water partition coefficient (Wildman–Crippen LogP) is 3.51. The van der Waals surface area contributed by atoms with E-state index in [0.29, 0.717) is 29.5 Å². The van der Waals surface area contributed by atoms with E-state index in [2.05, 4.69) is 30.6 Å². The minimum atomic E-state index is -1.37. The number of fused-ring (bicyclic) bond motifs is 2. The lowest BCUT2D eigenvalue weighted by molar-refractivity contribution is -0.137. The van der Waals surface area contributed by atoms with E-state index >= 15 is 0 Å². The third-order valence-electron chi connectivity index (χ3n) is 6.55. The number of rotatable bonds is 11. The van der Waals surface area contributed by atoms with Gasteiger partial charge in [-0.2, -0.15) is 0 Å².